The highest BCUT2D eigenvalue weighted by Gasteiger charge is 2.30. The van der Waals surface area contributed by atoms with Crippen molar-refractivity contribution in [2.24, 2.45) is 12.8 Å². The number of carbonyl (C=O) groups excluding carboxylic acids is 1. The maximum atomic E-state index is 14.8. The van der Waals surface area contributed by atoms with Crippen molar-refractivity contribution in [1.82, 2.24) is 14.8 Å². The van der Waals surface area contributed by atoms with Crippen molar-refractivity contribution >= 4 is 22.9 Å². The number of rotatable bonds is 6. The fourth-order valence-corrected chi connectivity index (χ4v) is 5.23. The van der Waals surface area contributed by atoms with Gasteiger partial charge in [0.15, 0.2) is 0 Å². The third kappa shape index (κ3) is 5.49. The number of hydrogen-bond acceptors (Lipinski definition) is 8. The van der Waals surface area contributed by atoms with Gasteiger partial charge in [0.05, 0.1) is 43.0 Å². The molecule has 4 atom stereocenters. The Morgan fingerprint density at radius 1 is 1.24 bits per heavy atom. The van der Waals surface area contributed by atoms with Gasteiger partial charge in [0, 0.05) is 37.0 Å². The molecule has 2 saturated heterocycles. The summed E-state index contributed by atoms with van der Waals surface area (Å²) in [6, 6.07) is 1.57. The molecule has 0 aliphatic carbocycles. The minimum absolute atomic E-state index is 0.0115. The molecule has 1 amide bonds. The number of alkyl halides is 1. The zero-order valence-electron chi connectivity index (χ0n) is 20.0. The number of anilines is 1. The second-order valence-corrected chi connectivity index (χ2v) is 9.86. The molecular weight excluding hydrogens is 511 g/mol. The van der Waals surface area contributed by atoms with Gasteiger partial charge in [-0.1, -0.05) is 0 Å². The van der Waals surface area contributed by atoms with E-state index < -0.39 is 35.9 Å². The zero-order chi connectivity index (χ0) is 26.1. The molecule has 37 heavy (non-hydrogen) atoms. The van der Waals surface area contributed by atoms with Crippen molar-refractivity contribution < 1.29 is 32.2 Å². The molecule has 0 bridgehead atoms. The van der Waals surface area contributed by atoms with E-state index in [2.05, 4.69) is 15.4 Å². The maximum absolute atomic E-state index is 14.8. The fraction of sp³-hybridized carbons (Fsp3) is 0.458. The van der Waals surface area contributed by atoms with Gasteiger partial charge in [-0.25, -0.2) is 18.2 Å². The van der Waals surface area contributed by atoms with Gasteiger partial charge < -0.3 is 25.3 Å². The van der Waals surface area contributed by atoms with Gasteiger partial charge in [0.1, 0.15) is 46.5 Å². The van der Waals surface area contributed by atoms with E-state index in [-0.39, 0.29) is 34.7 Å². The summed E-state index contributed by atoms with van der Waals surface area (Å²) in [4.78, 5) is 17.1. The van der Waals surface area contributed by atoms with E-state index in [1.807, 2.05) is 0 Å². The first-order valence-corrected chi connectivity index (χ1v) is 12.7. The van der Waals surface area contributed by atoms with Gasteiger partial charge in [-0.3, -0.25) is 9.48 Å². The van der Waals surface area contributed by atoms with Gasteiger partial charge in [-0.15, -0.1) is 11.3 Å². The molecular formula is C24H26F3N5O4S. The number of benzene rings is 1. The average molecular weight is 538 g/mol. The van der Waals surface area contributed by atoms with Crippen LogP contribution in [0.4, 0.5) is 18.9 Å². The normalized spacial score (nSPS) is 24.1. The second kappa shape index (κ2) is 10.8. The average Bonchev–Trinajstić information content (AvgIpc) is 3.59. The summed E-state index contributed by atoms with van der Waals surface area (Å²) in [5.41, 5.74) is 6.39. The molecule has 3 aromatic rings. The van der Waals surface area contributed by atoms with E-state index in [0.29, 0.717) is 43.9 Å². The molecule has 198 valence electrons. The van der Waals surface area contributed by atoms with Crippen molar-refractivity contribution in [1.29, 1.82) is 0 Å². The highest BCUT2D eigenvalue weighted by Crippen LogP contribution is 2.34. The molecule has 3 N–H and O–H groups in total. The molecule has 2 aliphatic heterocycles. The summed E-state index contributed by atoms with van der Waals surface area (Å²) in [5.74, 6) is -2.22. The Balaban J connectivity index is 1.32. The third-order valence-corrected chi connectivity index (χ3v) is 7.24. The first-order valence-electron chi connectivity index (χ1n) is 11.8. The number of amides is 1. The van der Waals surface area contributed by atoms with Crippen LogP contribution in [0.1, 0.15) is 41.5 Å². The van der Waals surface area contributed by atoms with Crippen LogP contribution in [0, 0.1) is 11.6 Å². The SMILES string of the molecule is Cn1ncc(NC(=O)c2csc(-c3c(F)cc(OC4CCOC4)cc3F)n2)c1[C@@H]1CC[C@@H](N)[C@H](F)CO1. The summed E-state index contributed by atoms with van der Waals surface area (Å²) in [7, 11) is 1.69. The van der Waals surface area contributed by atoms with Crippen LogP contribution >= 0.6 is 11.3 Å². The lowest BCUT2D eigenvalue weighted by atomic mass is 10.0. The van der Waals surface area contributed by atoms with E-state index >= 15 is 0 Å². The van der Waals surface area contributed by atoms with Crippen LogP contribution < -0.4 is 15.8 Å². The molecule has 2 aromatic heterocycles. The Morgan fingerprint density at radius 2 is 2.03 bits per heavy atom. The van der Waals surface area contributed by atoms with Gasteiger partial charge in [0.2, 0.25) is 0 Å². The van der Waals surface area contributed by atoms with Crippen LogP contribution in [0.15, 0.2) is 23.7 Å². The topological polar surface area (TPSA) is 114 Å². The molecule has 2 aliphatic rings. The number of nitrogens with two attached hydrogens (primary N) is 1. The Bertz CT molecular complexity index is 1240. The molecule has 1 aromatic carbocycles. The van der Waals surface area contributed by atoms with Crippen molar-refractivity contribution in [2.75, 3.05) is 25.1 Å². The predicted octanol–water partition coefficient (Wildman–Crippen LogP) is 3.76. The van der Waals surface area contributed by atoms with Gasteiger partial charge >= 0.3 is 0 Å². The summed E-state index contributed by atoms with van der Waals surface area (Å²) < 4.78 is 61.7. The molecule has 0 spiro atoms. The van der Waals surface area contributed by atoms with E-state index in [1.165, 1.54) is 11.6 Å². The van der Waals surface area contributed by atoms with E-state index in [0.717, 1.165) is 23.5 Å². The van der Waals surface area contributed by atoms with Crippen LogP contribution in [-0.2, 0) is 16.5 Å². The van der Waals surface area contributed by atoms with Crippen molar-refractivity contribution in [3.63, 3.8) is 0 Å². The molecule has 0 saturated carbocycles. The Morgan fingerprint density at radius 3 is 2.76 bits per heavy atom. The Labute approximate surface area is 214 Å². The molecule has 0 radical (unpaired) electrons. The van der Waals surface area contributed by atoms with Crippen molar-refractivity contribution in [2.45, 2.75) is 43.7 Å². The maximum Gasteiger partial charge on any atom is 0.275 e. The van der Waals surface area contributed by atoms with Gasteiger partial charge in [-0.2, -0.15) is 5.10 Å². The molecule has 13 heteroatoms. The number of aromatic nitrogens is 3. The van der Waals surface area contributed by atoms with Crippen LogP contribution in [-0.4, -0.2) is 58.8 Å². The predicted molar refractivity (Wildman–Crippen MR) is 129 cm³/mol. The Hall–Kier alpha value is -3.00. The molecule has 2 fully saturated rings. The molecule has 1 unspecified atom stereocenters. The lowest BCUT2D eigenvalue weighted by Crippen LogP contribution is -2.32. The van der Waals surface area contributed by atoms with E-state index in [4.69, 9.17) is 19.9 Å². The first-order chi connectivity index (χ1) is 17.8. The van der Waals surface area contributed by atoms with Crippen molar-refractivity contribution in [3.8, 4) is 16.3 Å². The highest BCUT2D eigenvalue weighted by molar-refractivity contribution is 7.13. The first kappa shape index (κ1) is 25.6. The molecule has 9 nitrogen and oxygen atoms in total. The number of nitrogens with zero attached hydrogens (tertiary/aromatic N) is 3. The minimum atomic E-state index is -1.28. The zero-order valence-corrected chi connectivity index (χ0v) is 20.8. The molecule has 5 rings (SSSR count). The largest absolute Gasteiger partial charge is 0.488 e. The van der Waals surface area contributed by atoms with Crippen LogP contribution in [0.5, 0.6) is 5.75 Å². The van der Waals surface area contributed by atoms with Gasteiger partial charge in [-0.05, 0) is 12.8 Å². The van der Waals surface area contributed by atoms with Crippen LogP contribution in [0.25, 0.3) is 10.6 Å². The van der Waals surface area contributed by atoms with E-state index in [9.17, 15) is 18.0 Å². The number of aryl methyl sites for hydroxylation is 1. The summed E-state index contributed by atoms with van der Waals surface area (Å²) in [6.45, 7) is 0.749. The van der Waals surface area contributed by atoms with Crippen LogP contribution in [0.2, 0.25) is 0 Å². The summed E-state index contributed by atoms with van der Waals surface area (Å²) in [6.07, 6.45) is 0.922. The summed E-state index contributed by atoms with van der Waals surface area (Å²) >= 11 is 0.935. The van der Waals surface area contributed by atoms with Crippen molar-refractivity contribution in [3.05, 3.63) is 46.7 Å². The fourth-order valence-electron chi connectivity index (χ4n) is 4.38. The van der Waals surface area contributed by atoms with Crippen LogP contribution in [0.3, 0.4) is 0 Å². The standard InChI is InChI=1S/C24H26F3N5O4S/c1-32-22(20-3-2-17(28)16(27)10-35-20)18(8-29-32)30-23(33)19-11-37-24(31-19)21-14(25)6-13(7-15(21)26)36-12-4-5-34-9-12/h6-8,11-12,16-17,20H,2-5,9-10,28H2,1H3,(H,30,33)/t12?,16-,17-,20+/m1/s1. The number of halogens is 3. The monoisotopic (exact) mass is 537 g/mol. The lowest BCUT2D eigenvalue weighted by Gasteiger charge is -2.17. The molecule has 4 heterocycles. The number of carbonyl (C=O) groups is 1. The minimum Gasteiger partial charge on any atom is -0.488 e. The van der Waals surface area contributed by atoms with Gasteiger partial charge in [0.25, 0.3) is 5.91 Å². The Kier molecular flexibility index (Phi) is 7.47. The summed E-state index contributed by atoms with van der Waals surface area (Å²) in [5, 5.41) is 8.34. The quantitative estimate of drug-likeness (QED) is 0.492. The third-order valence-electron chi connectivity index (χ3n) is 6.38. The number of ether oxygens (including phenoxy) is 3. The second-order valence-electron chi connectivity index (χ2n) is 9.00. The number of thiazole rings is 1. The highest BCUT2D eigenvalue weighted by atomic mass is 32.1. The lowest BCUT2D eigenvalue weighted by molar-refractivity contribution is 0.0247. The smallest absolute Gasteiger partial charge is 0.275 e. The number of hydrogen-bond donors (Lipinski definition) is 2. The van der Waals surface area contributed by atoms with E-state index in [1.54, 1.807) is 11.7 Å². The number of nitrogens with one attached hydrogen (secondary N) is 1.